The zero-order valence-electron chi connectivity index (χ0n) is 14.9. The Balaban J connectivity index is 2.03. The van der Waals surface area contributed by atoms with E-state index in [9.17, 15) is 4.79 Å². The maximum atomic E-state index is 12.3. The molecule has 24 heavy (non-hydrogen) atoms. The summed E-state index contributed by atoms with van der Waals surface area (Å²) in [6.45, 7) is 2.57. The third-order valence-corrected chi connectivity index (χ3v) is 3.87. The van der Waals surface area contributed by atoms with Gasteiger partial charge in [-0.3, -0.25) is 4.79 Å². The molecule has 0 saturated heterocycles. The van der Waals surface area contributed by atoms with E-state index in [1.165, 1.54) is 17.3 Å². The van der Waals surface area contributed by atoms with Crippen LogP contribution in [-0.4, -0.2) is 55.5 Å². The summed E-state index contributed by atoms with van der Waals surface area (Å²) in [5.41, 5.74) is 2.71. The first-order valence-electron chi connectivity index (χ1n) is 7.89. The lowest BCUT2D eigenvalue weighted by Crippen LogP contribution is -2.35. The Morgan fingerprint density at radius 3 is 2.25 bits per heavy atom. The molecule has 0 radical (unpaired) electrons. The molecule has 1 amide bonds. The number of nitrogens with one attached hydrogen (secondary N) is 1. The first kappa shape index (κ1) is 17.9. The minimum atomic E-state index is -0.216. The van der Waals surface area contributed by atoms with Crippen LogP contribution in [0, 0.1) is 6.92 Å². The number of aryl methyl sites for hydroxylation is 1. The van der Waals surface area contributed by atoms with Gasteiger partial charge in [-0.15, -0.1) is 0 Å². The predicted molar refractivity (Wildman–Crippen MR) is 96.3 cm³/mol. The lowest BCUT2D eigenvalue weighted by Gasteiger charge is -2.25. The van der Waals surface area contributed by atoms with E-state index in [2.05, 4.69) is 51.4 Å². The molecule has 0 aliphatic heterocycles. The molecule has 2 aromatic rings. The van der Waals surface area contributed by atoms with Crippen LogP contribution < -0.4 is 10.2 Å². The molecule has 1 aromatic heterocycles. The lowest BCUT2D eigenvalue weighted by molar-refractivity contribution is 0.0936. The first-order valence-corrected chi connectivity index (χ1v) is 7.89. The van der Waals surface area contributed by atoms with Gasteiger partial charge in [0.2, 0.25) is 0 Å². The Hall–Kier alpha value is -2.47. The Morgan fingerprint density at radius 1 is 1.08 bits per heavy atom. The van der Waals surface area contributed by atoms with Crippen molar-refractivity contribution in [2.75, 3.05) is 39.6 Å². The summed E-state index contributed by atoms with van der Waals surface area (Å²) in [6, 6.07) is 8.46. The molecule has 128 valence electrons. The third kappa shape index (κ3) is 4.52. The normalized spacial score (nSPS) is 12.1. The highest BCUT2D eigenvalue weighted by Gasteiger charge is 2.16. The Kier molecular flexibility index (Phi) is 5.87. The van der Waals surface area contributed by atoms with E-state index in [0.717, 1.165) is 5.82 Å². The molecule has 0 unspecified atom stereocenters. The number of rotatable bonds is 6. The first-order chi connectivity index (χ1) is 11.4. The van der Waals surface area contributed by atoms with Crippen LogP contribution in [-0.2, 0) is 0 Å². The molecular weight excluding hydrogens is 302 g/mol. The fourth-order valence-corrected chi connectivity index (χ4v) is 2.34. The Morgan fingerprint density at radius 2 is 1.75 bits per heavy atom. The second-order valence-corrected chi connectivity index (χ2v) is 6.25. The largest absolute Gasteiger partial charge is 0.361 e. The van der Waals surface area contributed by atoms with Gasteiger partial charge in [-0.2, -0.15) is 0 Å². The quantitative estimate of drug-likeness (QED) is 0.878. The van der Waals surface area contributed by atoms with E-state index >= 15 is 0 Å². The van der Waals surface area contributed by atoms with Crippen LogP contribution in [0.1, 0.15) is 27.7 Å². The van der Waals surface area contributed by atoms with Crippen LogP contribution >= 0.6 is 0 Å². The van der Waals surface area contributed by atoms with E-state index in [1.807, 2.05) is 33.1 Å². The average Bonchev–Trinajstić information content (AvgIpc) is 2.56. The number of hydrogen-bond acceptors (Lipinski definition) is 5. The summed E-state index contributed by atoms with van der Waals surface area (Å²) in [4.78, 5) is 24.6. The number of amides is 1. The zero-order valence-corrected chi connectivity index (χ0v) is 14.9. The van der Waals surface area contributed by atoms with E-state index in [4.69, 9.17) is 0 Å². The Bertz CT molecular complexity index is 665. The molecule has 1 atom stereocenters. The summed E-state index contributed by atoms with van der Waals surface area (Å²) in [5.74, 6) is 0.504. The standard InChI is InChI=1S/C18H25N5O/c1-13-6-8-14(9-7-13)16(22(2)3)11-21-18(24)15-10-20-17(12-19-15)23(4)5/h6-10,12,16H,11H2,1-5H3,(H,21,24)/t16-/m0/s1. The number of aromatic nitrogens is 2. The molecule has 0 spiro atoms. The van der Waals surface area contributed by atoms with Gasteiger partial charge in [0, 0.05) is 20.6 Å². The maximum Gasteiger partial charge on any atom is 0.271 e. The molecule has 6 heteroatoms. The summed E-state index contributed by atoms with van der Waals surface area (Å²) in [7, 11) is 7.77. The monoisotopic (exact) mass is 327 g/mol. The Labute approximate surface area is 143 Å². The smallest absolute Gasteiger partial charge is 0.271 e. The van der Waals surface area contributed by atoms with E-state index in [-0.39, 0.29) is 11.9 Å². The minimum absolute atomic E-state index is 0.101. The maximum absolute atomic E-state index is 12.3. The molecule has 1 N–H and O–H groups in total. The van der Waals surface area contributed by atoms with Crippen LogP contribution in [0.15, 0.2) is 36.7 Å². The summed E-state index contributed by atoms with van der Waals surface area (Å²) >= 11 is 0. The molecule has 0 bridgehead atoms. The van der Waals surface area contributed by atoms with Crippen molar-refractivity contribution >= 4 is 11.7 Å². The molecule has 2 rings (SSSR count). The van der Waals surface area contributed by atoms with Gasteiger partial charge >= 0.3 is 0 Å². The summed E-state index contributed by atoms with van der Waals surface area (Å²) in [6.07, 6.45) is 3.10. The van der Waals surface area contributed by atoms with E-state index in [1.54, 1.807) is 6.20 Å². The van der Waals surface area contributed by atoms with Gasteiger partial charge in [-0.1, -0.05) is 29.8 Å². The van der Waals surface area contributed by atoms with Gasteiger partial charge in [0.25, 0.3) is 5.91 Å². The second-order valence-electron chi connectivity index (χ2n) is 6.25. The van der Waals surface area contributed by atoms with Gasteiger partial charge in [0.05, 0.1) is 18.4 Å². The van der Waals surface area contributed by atoms with Gasteiger partial charge < -0.3 is 15.1 Å². The highest BCUT2D eigenvalue weighted by atomic mass is 16.1. The number of hydrogen-bond donors (Lipinski definition) is 1. The molecular formula is C18H25N5O. The van der Waals surface area contributed by atoms with Crippen LogP contribution in [0.5, 0.6) is 0 Å². The van der Waals surface area contributed by atoms with Crippen molar-refractivity contribution in [3.8, 4) is 0 Å². The fourth-order valence-electron chi connectivity index (χ4n) is 2.34. The van der Waals surface area contributed by atoms with Crippen molar-refractivity contribution in [2.24, 2.45) is 0 Å². The van der Waals surface area contributed by atoms with Crippen LogP contribution in [0.2, 0.25) is 0 Å². The van der Waals surface area contributed by atoms with Crippen molar-refractivity contribution < 1.29 is 4.79 Å². The topological polar surface area (TPSA) is 61.4 Å². The third-order valence-electron chi connectivity index (χ3n) is 3.87. The SMILES string of the molecule is Cc1ccc([C@H](CNC(=O)c2cnc(N(C)C)cn2)N(C)C)cc1. The van der Waals surface area contributed by atoms with Crippen molar-refractivity contribution in [3.05, 3.63) is 53.5 Å². The number of nitrogens with zero attached hydrogens (tertiary/aromatic N) is 4. The molecule has 1 aromatic carbocycles. The minimum Gasteiger partial charge on any atom is -0.361 e. The van der Waals surface area contributed by atoms with Crippen molar-refractivity contribution in [3.63, 3.8) is 0 Å². The number of anilines is 1. The predicted octanol–water partition coefficient (Wildman–Crippen LogP) is 1.88. The molecule has 0 saturated carbocycles. The van der Waals surface area contributed by atoms with Gasteiger partial charge in [0.1, 0.15) is 11.5 Å². The van der Waals surface area contributed by atoms with Gasteiger partial charge in [0.15, 0.2) is 0 Å². The summed E-state index contributed by atoms with van der Waals surface area (Å²) in [5, 5.41) is 2.95. The highest BCUT2D eigenvalue weighted by Crippen LogP contribution is 2.18. The van der Waals surface area contributed by atoms with Crippen molar-refractivity contribution in [1.29, 1.82) is 0 Å². The molecule has 6 nitrogen and oxygen atoms in total. The summed E-state index contributed by atoms with van der Waals surface area (Å²) < 4.78 is 0. The van der Waals surface area contributed by atoms with Crippen LogP contribution in [0.3, 0.4) is 0 Å². The number of carbonyl (C=O) groups is 1. The zero-order chi connectivity index (χ0) is 17.7. The molecule has 0 aliphatic rings. The second kappa shape index (κ2) is 7.88. The number of likely N-dealkylation sites (N-methyl/N-ethyl adjacent to an activating group) is 1. The van der Waals surface area contributed by atoms with Gasteiger partial charge in [-0.25, -0.2) is 9.97 Å². The van der Waals surface area contributed by atoms with E-state index < -0.39 is 0 Å². The highest BCUT2D eigenvalue weighted by molar-refractivity contribution is 5.92. The van der Waals surface area contributed by atoms with Crippen LogP contribution in [0.4, 0.5) is 5.82 Å². The molecule has 0 aliphatic carbocycles. The van der Waals surface area contributed by atoms with Crippen molar-refractivity contribution in [2.45, 2.75) is 13.0 Å². The number of carbonyl (C=O) groups excluding carboxylic acids is 1. The number of benzene rings is 1. The van der Waals surface area contributed by atoms with Gasteiger partial charge in [-0.05, 0) is 26.6 Å². The van der Waals surface area contributed by atoms with E-state index in [0.29, 0.717) is 12.2 Å². The average molecular weight is 327 g/mol. The molecule has 0 fully saturated rings. The fraction of sp³-hybridized carbons (Fsp3) is 0.389. The van der Waals surface area contributed by atoms with Crippen LogP contribution in [0.25, 0.3) is 0 Å². The lowest BCUT2D eigenvalue weighted by atomic mass is 10.0. The van der Waals surface area contributed by atoms with Crippen molar-refractivity contribution in [1.82, 2.24) is 20.2 Å². The molecule has 1 heterocycles.